The maximum atomic E-state index is 13.3. The first-order valence-electron chi connectivity index (χ1n) is 9.32. The molecule has 0 aliphatic carbocycles. The van der Waals surface area contributed by atoms with Crippen molar-refractivity contribution in [1.29, 1.82) is 0 Å². The molecular formula is C21H22FN3O4. The van der Waals surface area contributed by atoms with Crippen molar-refractivity contribution in [1.82, 2.24) is 10.2 Å². The number of hydrogen-bond donors (Lipinski definition) is 2. The third kappa shape index (κ3) is 4.06. The molecule has 0 saturated carbocycles. The molecule has 3 rings (SSSR count). The molecule has 2 N–H and O–H groups in total. The van der Waals surface area contributed by atoms with Crippen molar-refractivity contribution < 1.29 is 23.5 Å². The van der Waals surface area contributed by atoms with E-state index in [1.54, 1.807) is 31.2 Å². The van der Waals surface area contributed by atoms with Crippen LogP contribution in [0.5, 0.6) is 5.75 Å². The first kappa shape index (κ1) is 20.3. The molecule has 1 aliphatic rings. The van der Waals surface area contributed by atoms with Gasteiger partial charge >= 0.3 is 6.03 Å². The zero-order chi connectivity index (χ0) is 21.0. The first-order chi connectivity index (χ1) is 13.9. The lowest BCUT2D eigenvalue weighted by Crippen LogP contribution is -2.44. The number of ether oxygens (including phenoxy) is 1. The Hall–Kier alpha value is -3.42. The highest BCUT2D eigenvalue weighted by Gasteiger charge is 2.51. The summed E-state index contributed by atoms with van der Waals surface area (Å²) in [6, 6.07) is 11.5. The quantitative estimate of drug-likeness (QED) is 0.701. The number of anilines is 1. The summed E-state index contributed by atoms with van der Waals surface area (Å²) in [5.74, 6) is -0.822. The highest BCUT2D eigenvalue weighted by atomic mass is 19.1. The second-order valence-electron chi connectivity index (χ2n) is 6.59. The minimum Gasteiger partial charge on any atom is -0.494 e. The van der Waals surface area contributed by atoms with Crippen LogP contribution in [0.25, 0.3) is 0 Å². The fourth-order valence-electron chi connectivity index (χ4n) is 3.29. The van der Waals surface area contributed by atoms with Gasteiger partial charge in [0.05, 0.1) is 6.61 Å². The van der Waals surface area contributed by atoms with Crippen LogP contribution in [0.1, 0.15) is 25.8 Å². The molecule has 4 amide bonds. The van der Waals surface area contributed by atoms with Gasteiger partial charge in [0.2, 0.25) is 5.91 Å². The third-order valence-corrected chi connectivity index (χ3v) is 4.79. The van der Waals surface area contributed by atoms with E-state index in [1.165, 1.54) is 24.3 Å². The van der Waals surface area contributed by atoms with Gasteiger partial charge < -0.3 is 15.4 Å². The molecule has 7 nitrogen and oxygen atoms in total. The van der Waals surface area contributed by atoms with E-state index < -0.39 is 35.7 Å². The minimum absolute atomic E-state index is 0.264. The molecule has 29 heavy (non-hydrogen) atoms. The average Bonchev–Trinajstić information content (AvgIpc) is 2.95. The van der Waals surface area contributed by atoms with E-state index in [0.717, 1.165) is 4.90 Å². The van der Waals surface area contributed by atoms with Crippen molar-refractivity contribution in [3.8, 4) is 5.75 Å². The van der Waals surface area contributed by atoms with Crippen LogP contribution < -0.4 is 15.4 Å². The summed E-state index contributed by atoms with van der Waals surface area (Å²) >= 11 is 0. The number of benzene rings is 2. The fraction of sp³-hybridized carbons (Fsp3) is 0.286. The lowest BCUT2D eigenvalue weighted by molar-refractivity contribution is -0.134. The molecule has 1 fully saturated rings. The normalized spacial score (nSPS) is 18.5. The van der Waals surface area contributed by atoms with Crippen molar-refractivity contribution in [2.75, 3.05) is 18.5 Å². The van der Waals surface area contributed by atoms with E-state index in [2.05, 4.69) is 10.6 Å². The zero-order valence-electron chi connectivity index (χ0n) is 16.2. The molecule has 0 spiro atoms. The van der Waals surface area contributed by atoms with Crippen LogP contribution in [0.4, 0.5) is 14.9 Å². The van der Waals surface area contributed by atoms with Gasteiger partial charge in [0.1, 0.15) is 23.7 Å². The number of carbonyl (C=O) groups excluding carboxylic acids is 3. The summed E-state index contributed by atoms with van der Waals surface area (Å²) in [5, 5.41) is 5.32. The Morgan fingerprint density at radius 3 is 2.34 bits per heavy atom. The number of urea groups is 1. The van der Waals surface area contributed by atoms with Crippen molar-refractivity contribution in [3.63, 3.8) is 0 Å². The standard InChI is InChI=1S/C21H22FN3O4/c1-3-21(14-5-7-15(22)8-6-14)19(27)25(20(28)24-21)13-18(26)23-16-9-11-17(12-10-16)29-4-2/h5-12H,3-4,13H2,1-2H3,(H,23,26)(H,24,28)/t21-/m1/s1. The molecule has 0 unspecified atom stereocenters. The molecule has 1 atom stereocenters. The molecule has 0 aromatic heterocycles. The number of amides is 4. The van der Waals surface area contributed by atoms with Gasteiger partial charge in [-0.1, -0.05) is 19.1 Å². The predicted molar refractivity (Wildman–Crippen MR) is 105 cm³/mol. The topological polar surface area (TPSA) is 87.7 Å². The van der Waals surface area contributed by atoms with Crippen LogP contribution in [0.15, 0.2) is 48.5 Å². The van der Waals surface area contributed by atoms with E-state index in [9.17, 15) is 18.8 Å². The Morgan fingerprint density at radius 1 is 1.10 bits per heavy atom. The average molecular weight is 399 g/mol. The summed E-state index contributed by atoms with van der Waals surface area (Å²) in [6.07, 6.45) is 0.264. The number of imide groups is 1. The lowest BCUT2D eigenvalue weighted by atomic mass is 9.87. The minimum atomic E-state index is -1.32. The predicted octanol–water partition coefficient (Wildman–Crippen LogP) is 3.02. The van der Waals surface area contributed by atoms with Gasteiger partial charge in [0.15, 0.2) is 0 Å². The summed E-state index contributed by atoms with van der Waals surface area (Å²) in [5.41, 5.74) is -0.329. The van der Waals surface area contributed by atoms with Gasteiger partial charge in [-0.3, -0.25) is 14.5 Å². The number of carbonyl (C=O) groups is 3. The van der Waals surface area contributed by atoms with Gasteiger partial charge in [0.25, 0.3) is 5.91 Å². The highest BCUT2D eigenvalue weighted by molar-refractivity contribution is 6.10. The Bertz CT molecular complexity index is 915. The van der Waals surface area contributed by atoms with Crippen molar-refractivity contribution in [2.45, 2.75) is 25.8 Å². The zero-order valence-corrected chi connectivity index (χ0v) is 16.2. The lowest BCUT2D eigenvalue weighted by Gasteiger charge is -2.25. The number of hydrogen-bond acceptors (Lipinski definition) is 4. The molecule has 152 valence electrons. The SMILES string of the molecule is CCOc1ccc(NC(=O)CN2C(=O)N[C@](CC)(c3ccc(F)cc3)C2=O)cc1. The third-order valence-electron chi connectivity index (χ3n) is 4.79. The Balaban J connectivity index is 1.72. The van der Waals surface area contributed by atoms with Crippen LogP contribution in [-0.2, 0) is 15.1 Å². The number of nitrogens with one attached hydrogen (secondary N) is 2. The molecule has 0 bridgehead atoms. The molecule has 8 heteroatoms. The molecule has 2 aromatic rings. The van der Waals surface area contributed by atoms with Crippen LogP contribution in [0.2, 0.25) is 0 Å². The van der Waals surface area contributed by atoms with E-state index in [-0.39, 0.29) is 6.42 Å². The van der Waals surface area contributed by atoms with Crippen molar-refractivity contribution in [2.24, 2.45) is 0 Å². The molecule has 1 saturated heterocycles. The summed E-state index contributed by atoms with van der Waals surface area (Å²) in [4.78, 5) is 38.7. The first-order valence-corrected chi connectivity index (χ1v) is 9.32. The van der Waals surface area contributed by atoms with Gasteiger partial charge in [-0.05, 0) is 55.3 Å². The Kier molecular flexibility index (Phi) is 5.81. The summed E-state index contributed by atoms with van der Waals surface area (Å²) < 4.78 is 18.6. The second kappa shape index (κ2) is 8.30. The molecule has 1 aliphatic heterocycles. The van der Waals surface area contributed by atoms with Crippen molar-refractivity contribution in [3.05, 3.63) is 59.9 Å². The van der Waals surface area contributed by atoms with Crippen LogP contribution in [0.3, 0.4) is 0 Å². The monoisotopic (exact) mass is 399 g/mol. The van der Waals surface area contributed by atoms with E-state index in [0.29, 0.717) is 23.6 Å². The molecular weight excluding hydrogens is 377 g/mol. The summed E-state index contributed by atoms with van der Waals surface area (Å²) in [7, 11) is 0. The molecule has 0 radical (unpaired) electrons. The van der Waals surface area contributed by atoms with Gasteiger partial charge in [0, 0.05) is 5.69 Å². The van der Waals surface area contributed by atoms with Gasteiger partial charge in [-0.25, -0.2) is 9.18 Å². The van der Waals surface area contributed by atoms with Crippen LogP contribution >= 0.6 is 0 Å². The fourth-order valence-corrected chi connectivity index (χ4v) is 3.29. The largest absolute Gasteiger partial charge is 0.494 e. The van der Waals surface area contributed by atoms with Crippen LogP contribution in [0, 0.1) is 5.82 Å². The second-order valence-corrected chi connectivity index (χ2v) is 6.59. The highest BCUT2D eigenvalue weighted by Crippen LogP contribution is 2.32. The number of nitrogens with zero attached hydrogens (tertiary/aromatic N) is 1. The van der Waals surface area contributed by atoms with Crippen LogP contribution in [-0.4, -0.2) is 35.9 Å². The van der Waals surface area contributed by atoms with Gasteiger partial charge in [-0.2, -0.15) is 0 Å². The Labute approximate surface area is 167 Å². The number of rotatable bonds is 7. The molecule has 2 aromatic carbocycles. The van der Waals surface area contributed by atoms with E-state index >= 15 is 0 Å². The Morgan fingerprint density at radius 2 is 1.76 bits per heavy atom. The van der Waals surface area contributed by atoms with Crippen molar-refractivity contribution >= 4 is 23.5 Å². The van der Waals surface area contributed by atoms with E-state index in [4.69, 9.17) is 4.74 Å². The molecule has 1 heterocycles. The number of halogens is 1. The summed E-state index contributed by atoms with van der Waals surface area (Å²) in [6.45, 7) is 3.72. The maximum absolute atomic E-state index is 13.3. The van der Waals surface area contributed by atoms with E-state index in [1.807, 2.05) is 6.92 Å². The maximum Gasteiger partial charge on any atom is 0.325 e. The smallest absolute Gasteiger partial charge is 0.325 e. The van der Waals surface area contributed by atoms with Gasteiger partial charge in [-0.15, -0.1) is 0 Å².